The van der Waals surface area contributed by atoms with Crippen molar-refractivity contribution in [1.29, 1.82) is 0 Å². The summed E-state index contributed by atoms with van der Waals surface area (Å²) in [7, 11) is 4.67. The van der Waals surface area contributed by atoms with E-state index in [1.54, 1.807) is 0 Å². The quantitative estimate of drug-likeness (QED) is 0.294. The first-order valence-corrected chi connectivity index (χ1v) is 1.93. The normalized spacial score (nSPS) is 4.25. The van der Waals surface area contributed by atoms with Gasteiger partial charge in [-0.25, -0.2) is 0 Å². The molecule has 1 atom stereocenters. The standard InChI is InChI=1S/CH6BP.Fe/c2-1-3;/h1-3H2;. The van der Waals surface area contributed by atoms with Crippen LogP contribution in [0.5, 0.6) is 0 Å². The van der Waals surface area contributed by atoms with Gasteiger partial charge >= 0.3 is 0 Å². The van der Waals surface area contributed by atoms with Crippen LogP contribution < -0.4 is 0 Å². The SMILES string of the molecule is BCP.[Fe]. The maximum Gasteiger partial charge on any atom is 0.106 e. The van der Waals surface area contributed by atoms with Crippen LogP contribution in [0.25, 0.3) is 0 Å². The van der Waals surface area contributed by atoms with Crippen LogP contribution >= 0.6 is 9.24 Å². The molecule has 0 saturated carbocycles. The zero-order valence-corrected chi connectivity index (χ0v) is 4.90. The van der Waals surface area contributed by atoms with Gasteiger partial charge in [0.1, 0.15) is 7.85 Å². The topological polar surface area (TPSA) is 0 Å². The molecule has 0 aliphatic rings. The molecular formula is CH6BFeP. The van der Waals surface area contributed by atoms with Crippen molar-refractivity contribution in [3.63, 3.8) is 0 Å². The molecular weight excluding hydrogens is 110 g/mol. The van der Waals surface area contributed by atoms with E-state index in [1.165, 1.54) is 6.06 Å². The summed E-state index contributed by atoms with van der Waals surface area (Å²) in [6.07, 6.45) is 0. The maximum absolute atomic E-state index is 2.58. The maximum atomic E-state index is 2.58. The molecule has 0 bridgehead atoms. The van der Waals surface area contributed by atoms with Crippen molar-refractivity contribution in [3.05, 3.63) is 0 Å². The van der Waals surface area contributed by atoms with E-state index in [0.717, 1.165) is 0 Å². The monoisotopic (exact) mass is 116 g/mol. The summed E-state index contributed by atoms with van der Waals surface area (Å²) in [6, 6.07) is 1.17. The summed E-state index contributed by atoms with van der Waals surface area (Å²) in [5, 5.41) is 0. The molecule has 0 nitrogen and oxygen atoms in total. The molecule has 0 fully saturated rings. The van der Waals surface area contributed by atoms with Gasteiger partial charge in [0.2, 0.25) is 0 Å². The fourth-order valence-electron chi connectivity index (χ4n) is 0. The van der Waals surface area contributed by atoms with Gasteiger partial charge in [-0.05, 0) is 0 Å². The van der Waals surface area contributed by atoms with Crippen LogP contribution in [0.1, 0.15) is 0 Å². The Labute approximate surface area is 40.8 Å². The van der Waals surface area contributed by atoms with Crippen molar-refractivity contribution in [1.82, 2.24) is 0 Å². The van der Waals surface area contributed by atoms with Crippen LogP contribution in [0.3, 0.4) is 0 Å². The second-order valence-electron chi connectivity index (χ2n) is 0.408. The second kappa shape index (κ2) is 8.99. The van der Waals surface area contributed by atoms with E-state index >= 15 is 0 Å². The molecule has 0 aromatic rings. The molecule has 0 spiro atoms. The predicted octanol–water partition coefficient (Wildman–Crippen LogP) is -0.550. The first-order chi connectivity index (χ1) is 1.41. The molecule has 0 N–H and O–H groups in total. The smallest absolute Gasteiger partial charge is 0.106 e. The Morgan fingerprint density at radius 3 is 1.75 bits per heavy atom. The van der Waals surface area contributed by atoms with Crippen LogP contribution in [-0.2, 0) is 17.1 Å². The average Bonchev–Trinajstić information content (AvgIpc) is 0.918. The minimum Gasteiger partial charge on any atom is -0.146 e. The summed E-state index contributed by atoms with van der Waals surface area (Å²) >= 11 is 0. The third kappa shape index (κ3) is 11.9. The minimum absolute atomic E-state index is 0. The molecule has 0 rings (SSSR count). The van der Waals surface area contributed by atoms with Crippen molar-refractivity contribution in [3.8, 4) is 0 Å². The molecule has 0 heterocycles. The van der Waals surface area contributed by atoms with E-state index in [-0.39, 0.29) is 17.1 Å². The van der Waals surface area contributed by atoms with Gasteiger partial charge in [-0.15, -0.1) is 9.24 Å². The van der Waals surface area contributed by atoms with Gasteiger partial charge in [-0.2, -0.15) is 0 Å². The van der Waals surface area contributed by atoms with Gasteiger partial charge in [0.15, 0.2) is 0 Å². The molecule has 4 heavy (non-hydrogen) atoms. The van der Waals surface area contributed by atoms with E-state index in [2.05, 4.69) is 17.1 Å². The summed E-state index contributed by atoms with van der Waals surface area (Å²) in [4.78, 5) is 0. The van der Waals surface area contributed by atoms with Gasteiger partial charge in [0.05, 0.1) is 0 Å². The molecule has 0 aromatic carbocycles. The Kier molecular flexibility index (Phi) is 20.0. The zero-order chi connectivity index (χ0) is 2.71. The Morgan fingerprint density at radius 2 is 1.75 bits per heavy atom. The van der Waals surface area contributed by atoms with Crippen molar-refractivity contribution in [2.75, 3.05) is 6.06 Å². The van der Waals surface area contributed by atoms with Crippen LogP contribution in [0.15, 0.2) is 0 Å². The van der Waals surface area contributed by atoms with E-state index in [1.807, 2.05) is 0 Å². The fourth-order valence-corrected chi connectivity index (χ4v) is 0. The molecule has 26 valence electrons. The van der Waals surface area contributed by atoms with Crippen LogP contribution in [-0.4, -0.2) is 13.9 Å². The first-order valence-electron chi connectivity index (χ1n) is 1.12. The van der Waals surface area contributed by atoms with Crippen molar-refractivity contribution in [2.24, 2.45) is 0 Å². The fraction of sp³-hybridized carbons (Fsp3) is 1.00. The van der Waals surface area contributed by atoms with Crippen molar-refractivity contribution in [2.45, 2.75) is 0 Å². The number of rotatable bonds is 0. The first kappa shape index (κ1) is 8.89. The minimum atomic E-state index is 0. The van der Waals surface area contributed by atoms with Gasteiger partial charge in [0.25, 0.3) is 0 Å². The number of hydrogen-bond donors (Lipinski definition) is 0. The van der Waals surface area contributed by atoms with Gasteiger partial charge in [-0.3, -0.25) is 0 Å². The van der Waals surface area contributed by atoms with Crippen molar-refractivity contribution < 1.29 is 17.1 Å². The molecule has 0 saturated heterocycles. The Morgan fingerprint density at radius 1 is 1.75 bits per heavy atom. The summed E-state index contributed by atoms with van der Waals surface area (Å²) < 4.78 is 0. The van der Waals surface area contributed by atoms with E-state index in [4.69, 9.17) is 0 Å². The molecule has 0 amide bonds. The van der Waals surface area contributed by atoms with E-state index < -0.39 is 0 Å². The Balaban J connectivity index is 0. The van der Waals surface area contributed by atoms with E-state index in [9.17, 15) is 0 Å². The molecule has 0 aliphatic carbocycles. The molecule has 0 radical (unpaired) electrons. The molecule has 0 aliphatic heterocycles. The third-order valence-corrected chi connectivity index (χ3v) is 0. The van der Waals surface area contributed by atoms with Crippen LogP contribution in [0.2, 0.25) is 0 Å². The van der Waals surface area contributed by atoms with Gasteiger partial charge < -0.3 is 0 Å². The zero-order valence-electron chi connectivity index (χ0n) is 2.64. The summed E-state index contributed by atoms with van der Waals surface area (Å²) in [5.74, 6) is 0. The van der Waals surface area contributed by atoms with Gasteiger partial charge in [0, 0.05) is 17.1 Å². The average molecular weight is 116 g/mol. The molecule has 3 heteroatoms. The van der Waals surface area contributed by atoms with Gasteiger partial charge in [-0.1, -0.05) is 6.06 Å². The third-order valence-electron chi connectivity index (χ3n) is 0. The Hall–Kier alpha value is 1.01. The van der Waals surface area contributed by atoms with E-state index in [0.29, 0.717) is 0 Å². The summed E-state index contributed by atoms with van der Waals surface area (Å²) in [6.45, 7) is 0. The van der Waals surface area contributed by atoms with Crippen LogP contribution in [0.4, 0.5) is 0 Å². The Bertz CT molecular complexity index is 8.00. The second-order valence-corrected chi connectivity index (χ2v) is 1.22. The number of hydrogen-bond acceptors (Lipinski definition) is 0. The molecule has 1 unspecified atom stereocenters. The predicted molar refractivity (Wildman–Crippen MR) is 23.1 cm³/mol. The molecule has 0 aromatic heterocycles. The summed E-state index contributed by atoms with van der Waals surface area (Å²) in [5.41, 5.74) is 0. The van der Waals surface area contributed by atoms with Crippen LogP contribution in [0, 0.1) is 0 Å². The largest absolute Gasteiger partial charge is 0.146 e. The van der Waals surface area contributed by atoms with Crippen molar-refractivity contribution >= 4 is 17.1 Å².